The van der Waals surface area contributed by atoms with Crippen LogP contribution in [0.3, 0.4) is 0 Å². The minimum Gasteiger partial charge on any atom is -0.486 e. The van der Waals surface area contributed by atoms with Crippen LogP contribution in [0.4, 0.5) is 8.78 Å². The Labute approximate surface area is 95.0 Å². The lowest BCUT2D eigenvalue weighted by atomic mass is 10.3. The average molecular weight is 289 g/mol. The zero-order valence-corrected chi connectivity index (χ0v) is 9.50. The lowest BCUT2D eigenvalue weighted by Gasteiger charge is -2.06. The highest BCUT2D eigenvalue weighted by atomic mass is 79.9. The van der Waals surface area contributed by atoms with Gasteiger partial charge >= 0.3 is 0 Å². The fourth-order valence-corrected chi connectivity index (χ4v) is 1.23. The minimum atomic E-state index is -0.736. The molecule has 0 atom stereocenters. The Hall–Kier alpha value is -0.390. The van der Waals surface area contributed by atoms with Gasteiger partial charge in [0.05, 0.1) is 0 Å². The third-order valence-corrected chi connectivity index (χ3v) is 1.79. The van der Waals surface area contributed by atoms with Crippen LogP contribution in [0.2, 0.25) is 0 Å². The molecule has 0 aromatic heterocycles. The summed E-state index contributed by atoms with van der Waals surface area (Å²) in [5.41, 5.74) is 5.13. The van der Waals surface area contributed by atoms with E-state index in [1.54, 1.807) is 0 Å². The molecule has 80 valence electrons. The van der Waals surface area contributed by atoms with E-state index in [9.17, 15) is 8.78 Å². The summed E-state index contributed by atoms with van der Waals surface area (Å²) in [5.74, 6) is -1.85. The maximum absolute atomic E-state index is 13.0. The van der Waals surface area contributed by atoms with E-state index < -0.39 is 11.6 Å². The first-order valence-corrected chi connectivity index (χ1v) is 4.42. The Morgan fingerprint density at radius 2 is 1.79 bits per heavy atom. The SMILES string of the molecule is Cl.NCCOc1c(F)cc(Br)cc1F. The standard InChI is InChI=1S/C8H8BrF2NO.ClH/c9-5-3-6(10)8(7(11)4-5)13-2-1-12;/h3-4H,1-2,12H2;1H. The van der Waals surface area contributed by atoms with Crippen molar-refractivity contribution in [3.05, 3.63) is 28.2 Å². The summed E-state index contributed by atoms with van der Waals surface area (Å²) in [6.07, 6.45) is 0. The van der Waals surface area contributed by atoms with Crippen LogP contribution in [0.25, 0.3) is 0 Å². The van der Waals surface area contributed by atoms with Gasteiger partial charge < -0.3 is 10.5 Å². The Morgan fingerprint density at radius 3 is 2.21 bits per heavy atom. The first-order chi connectivity index (χ1) is 6.15. The van der Waals surface area contributed by atoms with E-state index in [-0.39, 0.29) is 31.3 Å². The molecular weight excluding hydrogens is 279 g/mol. The molecule has 1 aromatic carbocycles. The summed E-state index contributed by atoms with van der Waals surface area (Å²) in [6, 6.07) is 2.27. The van der Waals surface area contributed by atoms with Crippen LogP contribution in [0, 0.1) is 11.6 Å². The molecular formula is C8H9BrClF2NO. The van der Waals surface area contributed by atoms with Gasteiger partial charge in [-0.15, -0.1) is 12.4 Å². The number of benzene rings is 1. The Kier molecular flexibility index (Phi) is 5.99. The Bertz CT molecular complexity index is 288. The third-order valence-electron chi connectivity index (χ3n) is 1.33. The van der Waals surface area contributed by atoms with Gasteiger partial charge in [-0.2, -0.15) is 0 Å². The molecule has 1 rings (SSSR count). The molecule has 2 N–H and O–H groups in total. The van der Waals surface area contributed by atoms with Crippen molar-refractivity contribution in [2.45, 2.75) is 0 Å². The van der Waals surface area contributed by atoms with Crippen molar-refractivity contribution < 1.29 is 13.5 Å². The van der Waals surface area contributed by atoms with Crippen molar-refractivity contribution in [3.8, 4) is 5.75 Å². The molecule has 14 heavy (non-hydrogen) atoms. The van der Waals surface area contributed by atoms with Crippen LogP contribution >= 0.6 is 28.3 Å². The number of hydrogen-bond acceptors (Lipinski definition) is 2. The number of ether oxygens (including phenoxy) is 1. The van der Waals surface area contributed by atoms with Crippen molar-refractivity contribution in [2.24, 2.45) is 5.73 Å². The molecule has 0 aliphatic heterocycles. The van der Waals surface area contributed by atoms with Gasteiger partial charge in [-0.1, -0.05) is 15.9 Å². The lowest BCUT2D eigenvalue weighted by Crippen LogP contribution is -2.12. The first kappa shape index (κ1) is 13.6. The van der Waals surface area contributed by atoms with Crippen LogP contribution in [0.15, 0.2) is 16.6 Å². The highest BCUT2D eigenvalue weighted by Gasteiger charge is 2.10. The second-order valence-electron chi connectivity index (χ2n) is 2.34. The second kappa shape index (κ2) is 6.16. The highest BCUT2D eigenvalue weighted by molar-refractivity contribution is 9.10. The predicted octanol–water partition coefficient (Wildman–Crippen LogP) is 2.49. The summed E-state index contributed by atoms with van der Waals surface area (Å²) < 4.78 is 31.1. The summed E-state index contributed by atoms with van der Waals surface area (Å²) in [6.45, 7) is 0.310. The number of nitrogens with two attached hydrogens (primary N) is 1. The third kappa shape index (κ3) is 3.40. The fourth-order valence-electron chi connectivity index (χ4n) is 0.828. The average Bonchev–Trinajstić information content (AvgIpc) is 2.02. The molecule has 0 bridgehead atoms. The van der Waals surface area contributed by atoms with Crippen LogP contribution in [0.1, 0.15) is 0 Å². The summed E-state index contributed by atoms with van der Waals surface area (Å²) >= 11 is 2.96. The number of rotatable bonds is 3. The smallest absolute Gasteiger partial charge is 0.190 e. The van der Waals surface area contributed by atoms with E-state index in [1.165, 1.54) is 0 Å². The Balaban J connectivity index is 0.00000169. The molecule has 0 spiro atoms. The van der Waals surface area contributed by atoms with Gasteiger partial charge in [0.2, 0.25) is 0 Å². The quantitative estimate of drug-likeness (QED) is 0.927. The van der Waals surface area contributed by atoms with Crippen LogP contribution in [-0.4, -0.2) is 13.2 Å². The van der Waals surface area contributed by atoms with Crippen molar-refractivity contribution in [2.75, 3.05) is 13.2 Å². The molecule has 6 heteroatoms. The molecule has 0 radical (unpaired) electrons. The molecule has 0 amide bonds. The molecule has 0 heterocycles. The topological polar surface area (TPSA) is 35.2 Å². The molecule has 0 aliphatic rings. The zero-order chi connectivity index (χ0) is 9.84. The van der Waals surface area contributed by atoms with Gasteiger partial charge in [-0.3, -0.25) is 0 Å². The minimum absolute atomic E-state index is 0. The van der Waals surface area contributed by atoms with E-state index in [2.05, 4.69) is 15.9 Å². The molecule has 1 aromatic rings. The number of halogens is 4. The molecule has 0 fully saturated rings. The first-order valence-electron chi connectivity index (χ1n) is 3.62. The van der Waals surface area contributed by atoms with E-state index in [0.29, 0.717) is 4.47 Å². The van der Waals surface area contributed by atoms with E-state index in [0.717, 1.165) is 12.1 Å². The largest absolute Gasteiger partial charge is 0.486 e. The zero-order valence-electron chi connectivity index (χ0n) is 7.10. The molecule has 2 nitrogen and oxygen atoms in total. The van der Waals surface area contributed by atoms with Crippen molar-refractivity contribution in [1.82, 2.24) is 0 Å². The molecule has 0 saturated heterocycles. The van der Waals surface area contributed by atoms with Crippen LogP contribution in [-0.2, 0) is 0 Å². The molecule has 0 unspecified atom stereocenters. The van der Waals surface area contributed by atoms with Crippen LogP contribution in [0.5, 0.6) is 5.75 Å². The van der Waals surface area contributed by atoms with Gasteiger partial charge in [0, 0.05) is 11.0 Å². The van der Waals surface area contributed by atoms with Crippen molar-refractivity contribution >= 4 is 28.3 Å². The van der Waals surface area contributed by atoms with Gasteiger partial charge in [0.1, 0.15) is 6.61 Å². The molecule has 0 aliphatic carbocycles. The predicted molar refractivity (Wildman–Crippen MR) is 55.9 cm³/mol. The van der Waals surface area contributed by atoms with E-state index in [4.69, 9.17) is 10.5 Å². The van der Waals surface area contributed by atoms with Gasteiger partial charge in [0.15, 0.2) is 17.4 Å². The maximum atomic E-state index is 13.0. The summed E-state index contributed by atoms with van der Waals surface area (Å²) in [4.78, 5) is 0. The summed E-state index contributed by atoms with van der Waals surface area (Å²) in [7, 11) is 0. The maximum Gasteiger partial charge on any atom is 0.190 e. The van der Waals surface area contributed by atoms with Crippen molar-refractivity contribution in [1.29, 1.82) is 0 Å². The Morgan fingerprint density at radius 1 is 1.29 bits per heavy atom. The summed E-state index contributed by atoms with van der Waals surface area (Å²) in [5, 5.41) is 0. The van der Waals surface area contributed by atoms with Crippen LogP contribution < -0.4 is 10.5 Å². The lowest BCUT2D eigenvalue weighted by molar-refractivity contribution is 0.293. The number of hydrogen-bond donors (Lipinski definition) is 1. The van der Waals surface area contributed by atoms with E-state index >= 15 is 0 Å². The van der Waals surface area contributed by atoms with Gasteiger partial charge in [-0.25, -0.2) is 8.78 Å². The fraction of sp³-hybridized carbons (Fsp3) is 0.250. The normalized spacial score (nSPS) is 9.43. The molecule has 0 saturated carbocycles. The van der Waals surface area contributed by atoms with E-state index in [1.807, 2.05) is 0 Å². The second-order valence-corrected chi connectivity index (χ2v) is 3.25. The highest BCUT2D eigenvalue weighted by Crippen LogP contribution is 2.25. The van der Waals surface area contributed by atoms with Crippen molar-refractivity contribution in [3.63, 3.8) is 0 Å². The van der Waals surface area contributed by atoms with Gasteiger partial charge in [-0.05, 0) is 12.1 Å². The van der Waals surface area contributed by atoms with Gasteiger partial charge in [0.25, 0.3) is 0 Å². The monoisotopic (exact) mass is 287 g/mol.